The predicted molar refractivity (Wildman–Crippen MR) is 82.2 cm³/mol. The molecule has 1 aromatic heterocycles. The molecule has 2 N–H and O–H groups in total. The van der Waals surface area contributed by atoms with Crippen LogP contribution in [0.2, 0.25) is 0 Å². The molecule has 0 radical (unpaired) electrons. The van der Waals surface area contributed by atoms with Gasteiger partial charge in [-0.1, -0.05) is 0 Å². The van der Waals surface area contributed by atoms with E-state index in [1.54, 1.807) is 6.07 Å². The predicted octanol–water partition coefficient (Wildman–Crippen LogP) is 1.63. The summed E-state index contributed by atoms with van der Waals surface area (Å²) in [4.78, 5) is 17.1. The van der Waals surface area contributed by atoms with E-state index in [1.807, 2.05) is 4.90 Å². The molecule has 9 heteroatoms. The third kappa shape index (κ3) is 4.66. The molecule has 0 aromatic carbocycles. The Kier molecular flexibility index (Phi) is 8.46. The summed E-state index contributed by atoms with van der Waals surface area (Å²) in [7, 11) is 1.44. The second kappa shape index (κ2) is 8.96. The summed E-state index contributed by atoms with van der Waals surface area (Å²) in [5, 5.41) is 5.53. The van der Waals surface area contributed by atoms with Gasteiger partial charge >= 0.3 is 0 Å². The Bertz CT molecular complexity index is 471. The van der Waals surface area contributed by atoms with Gasteiger partial charge in [-0.25, -0.2) is 13.8 Å². The van der Waals surface area contributed by atoms with Crippen molar-refractivity contribution in [2.75, 3.05) is 38.1 Å². The van der Waals surface area contributed by atoms with E-state index in [0.29, 0.717) is 18.8 Å². The number of amides is 1. The summed E-state index contributed by atoms with van der Waals surface area (Å²) in [5.74, 6) is -0.464. The lowest BCUT2D eigenvalue weighted by Crippen LogP contribution is -2.44. The van der Waals surface area contributed by atoms with Gasteiger partial charge in [0.1, 0.15) is 11.4 Å². The molecular weight excluding hydrogens is 325 g/mol. The average Bonchev–Trinajstić information content (AvgIpc) is 2.46. The quantitative estimate of drug-likeness (QED) is 0.876. The van der Waals surface area contributed by atoms with Crippen molar-refractivity contribution in [2.24, 2.45) is 0 Å². The van der Waals surface area contributed by atoms with Crippen molar-refractivity contribution in [3.8, 4) is 0 Å². The van der Waals surface area contributed by atoms with E-state index in [2.05, 4.69) is 15.6 Å². The van der Waals surface area contributed by atoms with Crippen molar-refractivity contribution in [3.05, 3.63) is 23.5 Å². The van der Waals surface area contributed by atoms with Crippen LogP contribution >= 0.6 is 24.8 Å². The van der Waals surface area contributed by atoms with Gasteiger partial charge in [0.15, 0.2) is 0 Å². The molecule has 2 heterocycles. The minimum absolute atomic E-state index is 0. The lowest BCUT2D eigenvalue weighted by atomic mass is 10.2. The van der Waals surface area contributed by atoms with Gasteiger partial charge in [-0.2, -0.15) is 0 Å². The van der Waals surface area contributed by atoms with Gasteiger partial charge in [0.2, 0.25) is 0 Å². The number of aromatic nitrogens is 1. The molecule has 1 saturated heterocycles. The van der Waals surface area contributed by atoms with E-state index in [4.69, 9.17) is 0 Å². The number of nitrogens with one attached hydrogen (secondary N) is 2. The van der Waals surface area contributed by atoms with Crippen molar-refractivity contribution >= 4 is 36.4 Å². The third-order valence-corrected chi connectivity index (χ3v) is 3.03. The van der Waals surface area contributed by atoms with Crippen LogP contribution < -0.4 is 15.5 Å². The molecule has 1 amide bonds. The van der Waals surface area contributed by atoms with Gasteiger partial charge < -0.3 is 15.5 Å². The standard InChI is InChI=1S/C12H16F2N4O.2ClH/c1-15-12(19)8-2-3-9(10(17-8)11(13)14)18-6-4-16-5-7-18;;/h2-3,11,16H,4-7H2,1H3,(H,15,19);2*1H. The van der Waals surface area contributed by atoms with Gasteiger partial charge in [0.25, 0.3) is 12.3 Å². The second-order valence-electron chi connectivity index (χ2n) is 4.22. The van der Waals surface area contributed by atoms with Crippen molar-refractivity contribution in [3.63, 3.8) is 0 Å². The summed E-state index contributed by atoms with van der Waals surface area (Å²) in [6, 6.07) is 3.02. The molecule has 5 nitrogen and oxygen atoms in total. The second-order valence-corrected chi connectivity index (χ2v) is 4.22. The highest BCUT2D eigenvalue weighted by Crippen LogP contribution is 2.28. The Labute approximate surface area is 134 Å². The number of hydrogen-bond donors (Lipinski definition) is 2. The van der Waals surface area contributed by atoms with Crippen LogP contribution in [0.4, 0.5) is 14.5 Å². The lowest BCUT2D eigenvalue weighted by Gasteiger charge is -2.30. The van der Waals surface area contributed by atoms with Crippen molar-refractivity contribution in [1.29, 1.82) is 0 Å². The molecule has 120 valence electrons. The molecule has 0 saturated carbocycles. The fourth-order valence-electron chi connectivity index (χ4n) is 2.06. The Morgan fingerprint density at radius 3 is 2.48 bits per heavy atom. The molecule has 0 aliphatic carbocycles. The number of rotatable bonds is 3. The summed E-state index contributed by atoms with van der Waals surface area (Å²) in [6.07, 6.45) is -2.70. The fourth-order valence-corrected chi connectivity index (χ4v) is 2.06. The first kappa shape index (κ1) is 19.8. The third-order valence-electron chi connectivity index (χ3n) is 3.03. The highest BCUT2D eigenvalue weighted by Gasteiger charge is 2.22. The van der Waals surface area contributed by atoms with Crippen LogP contribution in [-0.2, 0) is 0 Å². The summed E-state index contributed by atoms with van der Waals surface area (Å²) in [6.45, 7) is 2.81. The molecule has 21 heavy (non-hydrogen) atoms. The maximum Gasteiger partial charge on any atom is 0.282 e. The van der Waals surface area contributed by atoms with Crippen LogP contribution in [0, 0.1) is 0 Å². The van der Waals surface area contributed by atoms with E-state index in [0.717, 1.165) is 13.1 Å². The number of nitrogens with zero attached hydrogens (tertiary/aromatic N) is 2. The lowest BCUT2D eigenvalue weighted by molar-refractivity contribution is 0.0956. The Hall–Kier alpha value is -1.18. The van der Waals surface area contributed by atoms with Crippen LogP contribution in [0.3, 0.4) is 0 Å². The molecule has 0 unspecified atom stereocenters. The maximum absolute atomic E-state index is 13.1. The van der Waals surface area contributed by atoms with E-state index >= 15 is 0 Å². The molecular formula is C12H18Cl2F2N4O. The fraction of sp³-hybridized carbons (Fsp3) is 0.500. The zero-order valence-electron chi connectivity index (χ0n) is 11.4. The van der Waals surface area contributed by atoms with Crippen molar-refractivity contribution in [2.45, 2.75) is 6.43 Å². The van der Waals surface area contributed by atoms with Gasteiger partial charge in [-0.3, -0.25) is 4.79 Å². The molecule has 2 rings (SSSR count). The molecule has 1 aliphatic rings. The smallest absolute Gasteiger partial charge is 0.282 e. The Morgan fingerprint density at radius 2 is 1.95 bits per heavy atom. The van der Waals surface area contributed by atoms with Crippen LogP contribution in [0.5, 0.6) is 0 Å². The molecule has 1 aromatic rings. The zero-order valence-corrected chi connectivity index (χ0v) is 13.1. The summed E-state index contributed by atoms with van der Waals surface area (Å²) < 4.78 is 26.2. The monoisotopic (exact) mass is 342 g/mol. The first-order valence-corrected chi connectivity index (χ1v) is 6.10. The Morgan fingerprint density at radius 1 is 1.33 bits per heavy atom. The van der Waals surface area contributed by atoms with E-state index in [9.17, 15) is 13.6 Å². The molecule has 1 fully saturated rings. The van der Waals surface area contributed by atoms with Gasteiger partial charge in [-0.15, -0.1) is 24.8 Å². The van der Waals surface area contributed by atoms with Crippen molar-refractivity contribution < 1.29 is 13.6 Å². The van der Waals surface area contributed by atoms with E-state index in [-0.39, 0.29) is 36.2 Å². The molecule has 1 aliphatic heterocycles. The van der Waals surface area contributed by atoms with Gasteiger partial charge in [0.05, 0.1) is 5.69 Å². The number of anilines is 1. The number of alkyl halides is 2. The van der Waals surface area contributed by atoms with E-state index in [1.165, 1.54) is 13.1 Å². The van der Waals surface area contributed by atoms with Gasteiger partial charge in [0, 0.05) is 33.2 Å². The largest absolute Gasteiger partial charge is 0.367 e. The first-order valence-electron chi connectivity index (χ1n) is 6.10. The SMILES string of the molecule is CNC(=O)c1ccc(N2CCNCC2)c(C(F)F)n1.Cl.Cl. The average molecular weight is 343 g/mol. The number of halogens is 4. The van der Waals surface area contributed by atoms with Crippen molar-refractivity contribution in [1.82, 2.24) is 15.6 Å². The number of carbonyl (C=O) groups is 1. The van der Waals surface area contributed by atoms with Crippen LogP contribution in [0.15, 0.2) is 12.1 Å². The van der Waals surface area contributed by atoms with Crippen LogP contribution in [-0.4, -0.2) is 44.1 Å². The van der Waals surface area contributed by atoms with Crippen LogP contribution in [0.25, 0.3) is 0 Å². The summed E-state index contributed by atoms with van der Waals surface area (Å²) >= 11 is 0. The first-order chi connectivity index (χ1) is 9.13. The Balaban J connectivity index is 0.00000200. The normalized spacial score (nSPS) is 14.2. The van der Waals surface area contributed by atoms with E-state index < -0.39 is 12.3 Å². The minimum Gasteiger partial charge on any atom is -0.367 e. The summed E-state index contributed by atoms with van der Waals surface area (Å²) in [5.41, 5.74) is 0.0869. The molecule has 0 spiro atoms. The molecule has 0 atom stereocenters. The van der Waals surface area contributed by atoms with Gasteiger partial charge in [-0.05, 0) is 12.1 Å². The van der Waals surface area contributed by atoms with Crippen LogP contribution in [0.1, 0.15) is 22.6 Å². The number of pyridine rings is 1. The minimum atomic E-state index is -2.70. The molecule has 0 bridgehead atoms. The number of carbonyl (C=O) groups excluding carboxylic acids is 1. The number of piperazine rings is 1. The maximum atomic E-state index is 13.1. The topological polar surface area (TPSA) is 57.3 Å². The number of hydrogen-bond acceptors (Lipinski definition) is 4. The zero-order chi connectivity index (χ0) is 13.8. The highest BCUT2D eigenvalue weighted by atomic mass is 35.5. The highest BCUT2D eigenvalue weighted by molar-refractivity contribution is 5.92.